The summed E-state index contributed by atoms with van der Waals surface area (Å²) in [6.45, 7) is 1.80. The summed E-state index contributed by atoms with van der Waals surface area (Å²) in [5.41, 5.74) is 0. The maximum atomic E-state index is 9.49. The number of carboxylic acid groups (broad SMARTS) is 3. The van der Waals surface area contributed by atoms with E-state index in [1.165, 1.54) is 0 Å². The molecule has 7 heteroatoms. The Morgan fingerprint density at radius 2 is 1.50 bits per heavy atom. The zero-order valence-corrected chi connectivity index (χ0v) is 13.7. The van der Waals surface area contributed by atoms with Crippen LogP contribution in [0.2, 0.25) is 0 Å². The molecule has 0 saturated heterocycles. The molecule has 0 fully saturated rings. The Morgan fingerprint density at radius 1 is 1.25 bits per heavy atom. The number of hydrogen-bond donors (Lipinski definition) is 1. The normalized spacial score (nSPS) is 6.08. The Labute approximate surface area is 156 Å². The predicted octanol–water partition coefficient (Wildman–Crippen LogP) is -7.57. The van der Waals surface area contributed by atoms with Gasteiger partial charge in [0.2, 0.25) is 6.16 Å². The first kappa shape index (κ1) is 23.7. The van der Waals surface area contributed by atoms with Gasteiger partial charge in [0.1, 0.15) is 0 Å². The van der Waals surface area contributed by atoms with E-state index in [2.05, 4.69) is 0 Å². The van der Waals surface area contributed by atoms with Gasteiger partial charge in [-0.25, -0.2) is 0 Å². The second kappa shape index (κ2) is 18.7. The topological polar surface area (TPSA) is 100 Å². The van der Waals surface area contributed by atoms with Gasteiger partial charge >= 0.3 is 103 Å². The summed E-state index contributed by atoms with van der Waals surface area (Å²) < 4.78 is 0. The van der Waals surface area contributed by atoms with Crippen LogP contribution in [0.15, 0.2) is 0 Å². The summed E-state index contributed by atoms with van der Waals surface area (Å²) in [6, 6.07) is 0. The maximum Gasteiger partial charge on any atom is 1.00 e. The molecule has 12 heavy (non-hydrogen) atoms. The third-order valence-electron chi connectivity index (χ3n) is 0.454. The summed E-state index contributed by atoms with van der Waals surface area (Å²) in [5, 5.41) is 24.8. The third kappa shape index (κ3) is 58.0. The van der Waals surface area contributed by atoms with Crippen molar-refractivity contribution in [3.8, 4) is 0 Å². The van der Waals surface area contributed by atoms with Crippen LogP contribution >= 0.6 is 0 Å². The van der Waals surface area contributed by atoms with E-state index in [1.807, 2.05) is 0 Å². The molecule has 0 rings (SSSR count). The second-order valence-electron chi connectivity index (χ2n) is 1.39. The molecular weight excluding hydrogens is 218 g/mol. The fourth-order valence-electron chi connectivity index (χ4n) is 0.204. The average Bonchev–Trinajstić information content (AvgIpc) is 1.62. The van der Waals surface area contributed by atoms with Crippen LogP contribution in [0.1, 0.15) is 19.8 Å². The standard InChI is InChI=1S/C4H8O2.CH2O3.2K/c1-2-3-4(5)6;2-1(3)4;;/h2-3H2,1H3,(H,5,6);(H2,2,3,4);;/q;;2*+1/p-2. The van der Waals surface area contributed by atoms with Gasteiger partial charge < -0.3 is 24.9 Å². The van der Waals surface area contributed by atoms with Crippen LogP contribution in [0.4, 0.5) is 4.79 Å². The van der Waals surface area contributed by atoms with Crippen LogP contribution < -0.4 is 113 Å². The van der Waals surface area contributed by atoms with Crippen molar-refractivity contribution < 1.29 is 128 Å². The van der Waals surface area contributed by atoms with Crippen LogP contribution in [-0.2, 0) is 4.79 Å². The van der Waals surface area contributed by atoms with Gasteiger partial charge in [0, 0.05) is 5.97 Å². The summed E-state index contributed by atoms with van der Waals surface area (Å²) >= 11 is 0. The molecule has 0 saturated carbocycles. The van der Waals surface area contributed by atoms with Crippen molar-refractivity contribution in [2.45, 2.75) is 19.8 Å². The predicted molar refractivity (Wildman–Crippen MR) is 27.9 cm³/mol. The summed E-state index contributed by atoms with van der Waals surface area (Å²) in [7, 11) is 0. The average molecular weight is 226 g/mol. The molecule has 60 valence electrons. The van der Waals surface area contributed by atoms with E-state index in [9.17, 15) is 9.90 Å². The van der Waals surface area contributed by atoms with Crippen LogP contribution in [0.5, 0.6) is 0 Å². The van der Waals surface area contributed by atoms with Crippen molar-refractivity contribution in [1.82, 2.24) is 0 Å². The summed E-state index contributed by atoms with van der Waals surface area (Å²) in [5.74, 6) is -0.961. The molecule has 0 radical (unpaired) electrons. The van der Waals surface area contributed by atoms with Crippen molar-refractivity contribution >= 4 is 12.1 Å². The smallest absolute Gasteiger partial charge is 0.565 e. The molecule has 0 aliphatic rings. The Balaban J connectivity index is -0.0000000483. The maximum absolute atomic E-state index is 9.49. The number of rotatable bonds is 2. The van der Waals surface area contributed by atoms with E-state index in [1.54, 1.807) is 6.92 Å². The number of carbonyl (C=O) groups excluding carboxylic acids is 1. The van der Waals surface area contributed by atoms with E-state index in [0.29, 0.717) is 6.42 Å². The fraction of sp³-hybridized carbons (Fsp3) is 0.600. The molecular formula is C5H8K2O5. The van der Waals surface area contributed by atoms with Gasteiger partial charge in [0.15, 0.2) is 0 Å². The third-order valence-corrected chi connectivity index (χ3v) is 0.454. The minimum Gasteiger partial charge on any atom is -0.565 e. The zero-order valence-electron chi connectivity index (χ0n) is 7.49. The number of carboxylic acids is 1. The van der Waals surface area contributed by atoms with Crippen molar-refractivity contribution in [3.05, 3.63) is 0 Å². The monoisotopic (exact) mass is 226 g/mol. The summed E-state index contributed by atoms with van der Waals surface area (Å²) in [4.78, 5) is 17.9. The van der Waals surface area contributed by atoms with Crippen LogP contribution in [-0.4, -0.2) is 17.2 Å². The molecule has 0 aromatic rings. The van der Waals surface area contributed by atoms with Gasteiger partial charge in [-0.2, -0.15) is 0 Å². The van der Waals surface area contributed by atoms with Crippen molar-refractivity contribution in [2.75, 3.05) is 0 Å². The minimum atomic E-state index is -2.08. The van der Waals surface area contributed by atoms with Gasteiger partial charge in [-0.3, -0.25) is 0 Å². The van der Waals surface area contributed by atoms with Gasteiger partial charge in [0.05, 0.1) is 0 Å². The van der Waals surface area contributed by atoms with Crippen LogP contribution in [0.3, 0.4) is 0 Å². The van der Waals surface area contributed by atoms with E-state index in [4.69, 9.17) is 15.0 Å². The molecule has 0 unspecified atom stereocenters. The molecule has 0 heterocycles. The Morgan fingerprint density at radius 3 is 1.50 bits per heavy atom. The van der Waals surface area contributed by atoms with E-state index < -0.39 is 12.1 Å². The quantitative estimate of drug-likeness (QED) is 0.471. The molecule has 0 aliphatic heterocycles. The zero-order chi connectivity index (χ0) is 8.57. The molecule has 0 aliphatic carbocycles. The van der Waals surface area contributed by atoms with Gasteiger partial charge in [-0.05, 0) is 6.42 Å². The first-order valence-electron chi connectivity index (χ1n) is 2.60. The molecule has 1 N–H and O–H groups in total. The number of hydrogen-bond acceptors (Lipinski definition) is 4. The van der Waals surface area contributed by atoms with E-state index in [-0.39, 0.29) is 109 Å². The van der Waals surface area contributed by atoms with Crippen molar-refractivity contribution in [2.24, 2.45) is 0 Å². The fourth-order valence-corrected chi connectivity index (χ4v) is 0.204. The first-order valence-corrected chi connectivity index (χ1v) is 2.60. The van der Waals surface area contributed by atoms with Crippen molar-refractivity contribution in [1.29, 1.82) is 0 Å². The Hall–Kier alpha value is 2.01. The SMILES string of the molecule is CCCC(=O)[O-].O=C([O-])O.[K+].[K+]. The van der Waals surface area contributed by atoms with Gasteiger partial charge in [-0.1, -0.05) is 13.3 Å². The van der Waals surface area contributed by atoms with Crippen LogP contribution in [0, 0.1) is 0 Å². The molecule has 0 aromatic heterocycles. The number of aliphatic carboxylic acids is 1. The first-order chi connectivity index (χ1) is 4.50. The molecule has 0 aromatic carbocycles. The Bertz CT molecular complexity index is 112. The largest absolute Gasteiger partial charge is 1.00 e. The second-order valence-corrected chi connectivity index (χ2v) is 1.39. The van der Waals surface area contributed by atoms with Crippen molar-refractivity contribution in [3.63, 3.8) is 0 Å². The minimum absolute atomic E-state index is 0. The Kier molecular flexibility index (Phi) is 36.9. The van der Waals surface area contributed by atoms with Gasteiger partial charge in [-0.15, -0.1) is 0 Å². The molecule has 5 nitrogen and oxygen atoms in total. The number of carbonyl (C=O) groups is 2. The molecule has 0 amide bonds. The molecule has 0 bridgehead atoms. The summed E-state index contributed by atoms with van der Waals surface area (Å²) in [6.07, 6.45) is -1.23. The van der Waals surface area contributed by atoms with Crippen LogP contribution in [0.25, 0.3) is 0 Å². The van der Waals surface area contributed by atoms with E-state index in [0.717, 1.165) is 0 Å². The van der Waals surface area contributed by atoms with E-state index >= 15 is 0 Å². The van der Waals surface area contributed by atoms with Gasteiger partial charge in [0.25, 0.3) is 0 Å². The molecule has 0 spiro atoms. The molecule has 0 atom stereocenters.